The number of rotatable bonds is 6. The van der Waals surface area contributed by atoms with Gasteiger partial charge < -0.3 is 24.2 Å². The minimum absolute atomic E-state index is 0.286. The first-order chi connectivity index (χ1) is 11.1. The minimum atomic E-state index is -0.406. The summed E-state index contributed by atoms with van der Waals surface area (Å²) in [7, 11) is 0. The van der Waals surface area contributed by atoms with Gasteiger partial charge in [0.25, 0.3) is 0 Å². The molecule has 2 heterocycles. The largest absolute Gasteiger partial charge is 0.454 e. The summed E-state index contributed by atoms with van der Waals surface area (Å²) in [6, 6.07) is 5.81. The van der Waals surface area contributed by atoms with Gasteiger partial charge in [-0.05, 0) is 24.1 Å². The van der Waals surface area contributed by atoms with Crippen LogP contribution in [0.4, 0.5) is 0 Å². The number of aliphatic hydroxyl groups excluding tert-OH is 1. The predicted molar refractivity (Wildman–Crippen MR) is 86.7 cm³/mol. The number of likely N-dealkylation sites (tertiary alicyclic amines) is 1. The molecule has 128 valence electrons. The van der Waals surface area contributed by atoms with Crippen LogP contribution in [0, 0.1) is 11.8 Å². The highest BCUT2D eigenvalue weighted by atomic mass is 16.7. The van der Waals surface area contributed by atoms with Crippen LogP contribution < -0.4 is 14.4 Å². The average molecular weight is 322 g/mol. The first kappa shape index (κ1) is 16.6. The molecule has 1 fully saturated rings. The Bertz CT molecular complexity index is 512. The monoisotopic (exact) mass is 322 g/mol. The van der Waals surface area contributed by atoms with Gasteiger partial charge in [-0.2, -0.15) is 0 Å². The van der Waals surface area contributed by atoms with E-state index in [2.05, 4.69) is 13.8 Å². The zero-order valence-electron chi connectivity index (χ0n) is 14.1. The maximum atomic E-state index is 10.2. The molecule has 2 N–H and O–H groups in total. The fraction of sp³-hybridized carbons (Fsp3) is 0.667. The summed E-state index contributed by atoms with van der Waals surface area (Å²) in [5.74, 6) is 3.05. The second-order valence-electron chi connectivity index (χ2n) is 7.16. The van der Waals surface area contributed by atoms with Crippen molar-refractivity contribution in [2.45, 2.75) is 33.0 Å². The van der Waals surface area contributed by atoms with E-state index in [0.717, 1.165) is 48.5 Å². The highest BCUT2D eigenvalue weighted by molar-refractivity contribution is 5.44. The van der Waals surface area contributed by atoms with E-state index in [9.17, 15) is 5.11 Å². The van der Waals surface area contributed by atoms with Crippen molar-refractivity contribution in [1.29, 1.82) is 0 Å². The normalized spacial score (nSPS) is 27.9. The molecule has 5 heteroatoms. The van der Waals surface area contributed by atoms with Gasteiger partial charge in [-0.3, -0.25) is 0 Å². The molecule has 1 aromatic carbocycles. The van der Waals surface area contributed by atoms with E-state index in [1.165, 1.54) is 11.3 Å². The summed E-state index contributed by atoms with van der Waals surface area (Å²) < 4.78 is 16.3. The van der Waals surface area contributed by atoms with Gasteiger partial charge in [0.15, 0.2) is 11.5 Å². The number of quaternary nitrogens is 1. The molecule has 0 saturated carbocycles. The van der Waals surface area contributed by atoms with Crippen molar-refractivity contribution in [2.24, 2.45) is 11.8 Å². The third kappa shape index (κ3) is 4.59. The average Bonchev–Trinajstić information content (AvgIpc) is 2.93. The van der Waals surface area contributed by atoms with Gasteiger partial charge in [0, 0.05) is 11.8 Å². The molecule has 0 unspecified atom stereocenters. The number of hydrogen-bond donors (Lipinski definition) is 2. The molecule has 0 aliphatic carbocycles. The van der Waals surface area contributed by atoms with Crippen LogP contribution in [0.5, 0.6) is 11.5 Å². The first-order valence-corrected chi connectivity index (χ1v) is 8.58. The van der Waals surface area contributed by atoms with Gasteiger partial charge >= 0.3 is 0 Å². The fourth-order valence-corrected chi connectivity index (χ4v) is 3.82. The van der Waals surface area contributed by atoms with Gasteiger partial charge in [0.1, 0.15) is 12.6 Å². The standard InChI is InChI=1S/C18H27NO4/c1-13-5-14(2)8-19(7-13)9-16(20)11-21-10-15-3-4-17-18(6-15)23-12-22-17/h3-4,6,13-14,16,20H,5,7-12H2,1-2H3/p+1/t13-,14-,16+/m1/s1. The second-order valence-corrected chi connectivity index (χ2v) is 7.16. The second kappa shape index (κ2) is 7.51. The van der Waals surface area contributed by atoms with E-state index in [4.69, 9.17) is 14.2 Å². The summed E-state index contributed by atoms with van der Waals surface area (Å²) in [4.78, 5) is 1.50. The molecule has 0 amide bonds. The minimum Gasteiger partial charge on any atom is -0.454 e. The Labute approximate surface area is 138 Å². The number of ether oxygens (including phenoxy) is 3. The van der Waals surface area contributed by atoms with Crippen molar-refractivity contribution in [3.8, 4) is 11.5 Å². The Hall–Kier alpha value is -1.30. The molecule has 3 rings (SSSR count). The molecule has 3 atom stereocenters. The van der Waals surface area contributed by atoms with E-state index in [-0.39, 0.29) is 6.79 Å². The Morgan fingerprint density at radius 3 is 2.74 bits per heavy atom. The lowest BCUT2D eigenvalue weighted by Gasteiger charge is -2.33. The maximum Gasteiger partial charge on any atom is 0.231 e. The quantitative estimate of drug-likeness (QED) is 0.815. The molecular formula is C18H28NO4+. The maximum absolute atomic E-state index is 10.2. The molecule has 0 spiro atoms. The zero-order valence-corrected chi connectivity index (χ0v) is 14.1. The third-order valence-electron chi connectivity index (χ3n) is 4.62. The summed E-state index contributed by atoms with van der Waals surface area (Å²) in [5, 5.41) is 10.2. The van der Waals surface area contributed by atoms with Crippen molar-refractivity contribution in [3.63, 3.8) is 0 Å². The van der Waals surface area contributed by atoms with E-state index in [0.29, 0.717) is 13.2 Å². The van der Waals surface area contributed by atoms with Crippen LogP contribution in [0.1, 0.15) is 25.8 Å². The molecule has 0 aromatic heterocycles. The summed E-state index contributed by atoms with van der Waals surface area (Å²) in [5.41, 5.74) is 1.04. The van der Waals surface area contributed by atoms with Crippen molar-refractivity contribution < 1.29 is 24.2 Å². The van der Waals surface area contributed by atoms with Gasteiger partial charge in [-0.15, -0.1) is 0 Å². The molecule has 2 aliphatic heterocycles. The molecule has 1 aromatic rings. The topological polar surface area (TPSA) is 52.4 Å². The van der Waals surface area contributed by atoms with Crippen LogP contribution >= 0.6 is 0 Å². The number of benzene rings is 1. The Balaban J connectivity index is 1.40. The molecule has 5 nitrogen and oxygen atoms in total. The highest BCUT2D eigenvalue weighted by Gasteiger charge is 2.26. The molecule has 23 heavy (non-hydrogen) atoms. The molecule has 2 aliphatic rings. The Morgan fingerprint density at radius 1 is 1.22 bits per heavy atom. The van der Waals surface area contributed by atoms with Crippen molar-refractivity contribution in [2.75, 3.05) is 33.0 Å². The lowest BCUT2D eigenvalue weighted by Crippen LogP contribution is -3.15. The van der Waals surface area contributed by atoms with Gasteiger partial charge in [-0.1, -0.05) is 19.9 Å². The Morgan fingerprint density at radius 2 is 1.96 bits per heavy atom. The Kier molecular flexibility index (Phi) is 5.41. The number of fused-ring (bicyclic) bond motifs is 1. The summed E-state index contributed by atoms with van der Waals surface area (Å²) in [6.45, 7) is 8.84. The smallest absolute Gasteiger partial charge is 0.231 e. The van der Waals surface area contributed by atoms with Crippen molar-refractivity contribution in [1.82, 2.24) is 0 Å². The summed E-state index contributed by atoms with van der Waals surface area (Å²) >= 11 is 0. The lowest BCUT2D eigenvalue weighted by atomic mass is 9.92. The lowest BCUT2D eigenvalue weighted by molar-refractivity contribution is -0.915. The van der Waals surface area contributed by atoms with E-state index in [1.54, 1.807) is 0 Å². The van der Waals surface area contributed by atoms with Crippen LogP contribution in [0.15, 0.2) is 18.2 Å². The predicted octanol–water partition coefficient (Wildman–Crippen LogP) is 0.854. The number of hydrogen-bond acceptors (Lipinski definition) is 4. The van der Waals surface area contributed by atoms with E-state index in [1.807, 2.05) is 18.2 Å². The van der Waals surface area contributed by atoms with Crippen LogP contribution in [0.25, 0.3) is 0 Å². The number of nitrogens with one attached hydrogen (secondary N) is 1. The number of aliphatic hydroxyl groups is 1. The number of piperidine rings is 1. The SMILES string of the molecule is C[C@@H]1C[C@@H](C)C[NH+](C[C@H](O)COCc2ccc3c(c2)OCO3)C1. The fourth-order valence-electron chi connectivity index (χ4n) is 3.82. The van der Waals surface area contributed by atoms with Crippen LogP contribution in [0.2, 0.25) is 0 Å². The molecule has 1 saturated heterocycles. The highest BCUT2D eigenvalue weighted by Crippen LogP contribution is 2.32. The van der Waals surface area contributed by atoms with Crippen molar-refractivity contribution in [3.05, 3.63) is 23.8 Å². The van der Waals surface area contributed by atoms with Gasteiger partial charge in [0.2, 0.25) is 6.79 Å². The zero-order chi connectivity index (χ0) is 16.2. The summed E-state index contributed by atoms with van der Waals surface area (Å²) in [6.07, 6.45) is 0.900. The van der Waals surface area contributed by atoms with Crippen LogP contribution in [-0.4, -0.2) is 44.2 Å². The molecule has 0 radical (unpaired) electrons. The van der Waals surface area contributed by atoms with Crippen molar-refractivity contribution >= 4 is 0 Å². The van der Waals surface area contributed by atoms with E-state index < -0.39 is 6.10 Å². The molecular weight excluding hydrogens is 294 g/mol. The third-order valence-corrected chi connectivity index (χ3v) is 4.62. The van der Waals surface area contributed by atoms with Crippen LogP contribution in [-0.2, 0) is 11.3 Å². The van der Waals surface area contributed by atoms with Gasteiger partial charge in [0.05, 0.1) is 26.3 Å². The van der Waals surface area contributed by atoms with Crippen LogP contribution in [0.3, 0.4) is 0 Å². The first-order valence-electron chi connectivity index (χ1n) is 8.58. The van der Waals surface area contributed by atoms with Gasteiger partial charge in [-0.25, -0.2) is 0 Å². The molecule has 0 bridgehead atoms. The van der Waals surface area contributed by atoms with E-state index >= 15 is 0 Å².